The third-order valence-electron chi connectivity index (χ3n) is 5.69. The molecule has 12 heteroatoms. The highest BCUT2D eigenvalue weighted by atomic mass is 32.2. The number of aromatic nitrogens is 2. The number of hydrogen-bond donors (Lipinski definition) is 1. The van der Waals surface area contributed by atoms with Crippen LogP contribution in [0.1, 0.15) is 23.3 Å². The van der Waals surface area contributed by atoms with Crippen molar-refractivity contribution in [1.82, 2.24) is 14.3 Å². The maximum Gasteiger partial charge on any atom is 0.267 e. The van der Waals surface area contributed by atoms with Crippen molar-refractivity contribution in [2.45, 2.75) is 25.9 Å². The fraction of sp³-hybridized carbons (Fsp3) is 0.273. The van der Waals surface area contributed by atoms with Gasteiger partial charge < -0.3 is 9.73 Å². The lowest BCUT2D eigenvalue weighted by Crippen LogP contribution is -2.39. The number of aryl methyl sites for hydroxylation is 1. The Morgan fingerprint density at radius 2 is 2.15 bits per heavy atom. The third kappa shape index (κ3) is 4.28. The normalized spacial score (nSPS) is 21.1. The van der Waals surface area contributed by atoms with Gasteiger partial charge >= 0.3 is 0 Å². The van der Waals surface area contributed by atoms with Crippen LogP contribution in [0.4, 0.5) is 5.82 Å². The van der Waals surface area contributed by atoms with E-state index in [0.29, 0.717) is 30.2 Å². The van der Waals surface area contributed by atoms with Crippen LogP contribution in [-0.2, 0) is 21.2 Å². The van der Waals surface area contributed by atoms with Crippen LogP contribution < -0.4 is 10.9 Å². The van der Waals surface area contributed by atoms with Crippen LogP contribution in [0.25, 0.3) is 11.7 Å². The molecule has 1 N–H and O–H groups in total. The second-order valence-electron chi connectivity index (χ2n) is 8.16. The molecule has 0 radical (unpaired) electrons. The quantitative estimate of drug-likeness (QED) is 0.404. The number of carbonyl (C=O) groups excluding carboxylic acids is 1. The molecule has 9 nitrogen and oxygen atoms in total. The zero-order chi connectivity index (χ0) is 24.0. The molecule has 0 aromatic carbocycles. The van der Waals surface area contributed by atoms with Gasteiger partial charge in [-0.05, 0) is 43.2 Å². The number of pyridine rings is 1. The number of amides is 1. The highest BCUT2D eigenvalue weighted by molar-refractivity contribution is 8.26. The second-order valence-corrected chi connectivity index (χ2v) is 12.1. The van der Waals surface area contributed by atoms with Gasteiger partial charge in [-0.1, -0.05) is 30.0 Å². The number of thiocarbonyl (C=S) groups is 1. The summed E-state index contributed by atoms with van der Waals surface area (Å²) in [5.41, 5.74) is 1.20. The van der Waals surface area contributed by atoms with E-state index in [2.05, 4.69) is 10.3 Å². The van der Waals surface area contributed by atoms with E-state index in [-0.39, 0.29) is 31.9 Å². The van der Waals surface area contributed by atoms with Gasteiger partial charge in [-0.3, -0.25) is 18.9 Å². The summed E-state index contributed by atoms with van der Waals surface area (Å²) < 4.78 is 30.9. The van der Waals surface area contributed by atoms with Crippen molar-refractivity contribution in [3.05, 3.63) is 68.9 Å². The van der Waals surface area contributed by atoms with Gasteiger partial charge in [-0.2, -0.15) is 0 Å². The minimum Gasteiger partial charge on any atom is -0.467 e. The van der Waals surface area contributed by atoms with Crippen molar-refractivity contribution in [1.29, 1.82) is 0 Å². The Hall–Kier alpha value is -2.96. The molecule has 2 fully saturated rings. The molecule has 3 aromatic heterocycles. The molecule has 0 saturated carbocycles. The minimum atomic E-state index is -3.19. The van der Waals surface area contributed by atoms with Crippen LogP contribution in [0, 0.1) is 6.92 Å². The van der Waals surface area contributed by atoms with Gasteiger partial charge in [0.15, 0.2) is 9.84 Å². The molecule has 1 atom stereocenters. The number of rotatable bonds is 5. The molecule has 2 aliphatic heterocycles. The van der Waals surface area contributed by atoms with Crippen molar-refractivity contribution < 1.29 is 17.6 Å². The van der Waals surface area contributed by atoms with Crippen LogP contribution in [0.5, 0.6) is 0 Å². The Kier molecular flexibility index (Phi) is 5.82. The monoisotopic (exact) mass is 516 g/mol. The summed E-state index contributed by atoms with van der Waals surface area (Å²) in [5.74, 6) is 0.485. The minimum absolute atomic E-state index is 0.0317. The Bertz CT molecular complexity index is 1510. The van der Waals surface area contributed by atoms with Crippen LogP contribution in [0.3, 0.4) is 0 Å². The smallest absolute Gasteiger partial charge is 0.267 e. The van der Waals surface area contributed by atoms with Crippen LogP contribution in [0.15, 0.2) is 50.8 Å². The van der Waals surface area contributed by atoms with Gasteiger partial charge in [-0.25, -0.2) is 13.4 Å². The molecule has 1 unspecified atom stereocenters. The van der Waals surface area contributed by atoms with Gasteiger partial charge in [-0.15, -0.1) is 0 Å². The second kappa shape index (κ2) is 8.67. The molecule has 0 aliphatic carbocycles. The van der Waals surface area contributed by atoms with E-state index in [0.717, 1.165) is 17.3 Å². The number of nitrogens with one attached hydrogen (secondary N) is 1. The molecule has 3 aromatic rings. The standard InChI is InChI=1S/C22H20N4O5S3/c1-13-4-5-18-24-19(23-10-15-3-2-7-31-15)16(20(27)25(18)11-13)9-17-21(28)26(22(32)33-17)14-6-8-34(29,30)12-14/h2-5,7,9,11,14,23H,6,8,10,12H2,1H3. The number of thioether (sulfide) groups is 1. The van der Waals surface area contributed by atoms with E-state index in [1.54, 1.807) is 30.7 Å². The van der Waals surface area contributed by atoms with E-state index in [4.69, 9.17) is 16.6 Å². The van der Waals surface area contributed by atoms with Gasteiger partial charge in [0.05, 0.1) is 40.8 Å². The summed E-state index contributed by atoms with van der Waals surface area (Å²) in [4.78, 5) is 32.8. The third-order valence-corrected chi connectivity index (χ3v) is 8.77. The molecule has 34 heavy (non-hydrogen) atoms. The van der Waals surface area contributed by atoms with E-state index in [9.17, 15) is 18.0 Å². The van der Waals surface area contributed by atoms with Gasteiger partial charge in [0.25, 0.3) is 11.5 Å². The first-order chi connectivity index (χ1) is 16.2. The van der Waals surface area contributed by atoms with Crippen molar-refractivity contribution in [2.75, 3.05) is 16.8 Å². The number of sulfone groups is 1. The Morgan fingerprint density at radius 1 is 1.32 bits per heavy atom. The molecule has 5 rings (SSSR count). The first-order valence-corrected chi connectivity index (χ1v) is 13.5. The lowest BCUT2D eigenvalue weighted by Gasteiger charge is -2.20. The van der Waals surface area contributed by atoms with Crippen LogP contribution in [0.2, 0.25) is 0 Å². The molecule has 2 aliphatic rings. The van der Waals surface area contributed by atoms with E-state index < -0.39 is 21.8 Å². The summed E-state index contributed by atoms with van der Waals surface area (Å²) in [6, 6.07) is 6.68. The number of furan rings is 1. The molecule has 0 bridgehead atoms. The van der Waals surface area contributed by atoms with Crippen LogP contribution in [-0.4, -0.2) is 50.5 Å². The molecule has 0 spiro atoms. The molecule has 2 saturated heterocycles. The van der Waals surface area contributed by atoms with Gasteiger partial charge in [0.2, 0.25) is 0 Å². The number of anilines is 1. The van der Waals surface area contributed by atoms with Gasteiger partial charge in [0, 0.05) is 6.20 Å². The summed E-state index contributed by atoms with van der Waals surface area (Å²) in [6.07, 6.45) is 5.07. The maximum atomic E-state index is 13.4. The predicted molar refractivity (Wildman–Crippen MR) is 134 cm³/mol. The summed E-state index contributed by atoms with van der Waals surface area (Å²) in [7, 11) is -3.19. The summed E-state index contributed by atoms with van der Waals surface area (Å²) in [5, 5.41) is 3.13. The number of carbonyl (C=O) groups is 1. The molecule has 5 heterocycles. The fourth-order valence-electron chi connectivity index (χ4n) is 4.01. The summed E-state index contributed by atoms with van der Waals surface area (Å²) >= 11 is 6.45. The highest BCUT2D eigenvalue weighted by Crippen LogP contribution is 2.36. The molecule has 176 valence electrons. The maximum absolute atomic E-state index is 13.4. The lowest BCUT2D eigenvalue weighted by molar-refractivity contribution is -0.123. The van der Waals surface area contributed by atoms with Crippen LogP contribution >= 0.6 is 24.0 Å². The van der Waals surface area contributed by atoms with Crippen molar-refractivity contribution in [3.8, 4) is 0 Å². The number of hydrogen-bond acceptors (Lipinski definition) is 9. The lowest BCUT2D eigenvalue weighted by atomic mass is 10.2. The molecular weight excluding hydrogens is 496 g/mol. The van der Waals surface area contributed by atoms with E-state index >= 15 is 0 Å². The summed E-state index contributed by atoms with van der Waals surface area (Å²) in [6.45, 7) is 2.17. The largest absolute Gasteiger partial charge is 0.467 e. The van der Waals surface area contributed by atoms with E-state index in [1.807, 2.05) is 13.0 Å². The molecular formula is C22H20N4O5S3. The Labute approximate surface area is 204 Å². The average Bonchev–Trinajstić information content (AvgIpc) is 3.49. The Morgan fingerprint density at radius 3 is 2.85 bits per heavy atom. The van der Waals surface area contributed by atoms with Crippen molar-refractivity contribution >= 4 is 61.6 Å². The molecule has 1 amide bonds. The zero-order valence-corrected chi connectivity index (χ0v) is 20.5. The first-order valence-electron chi connectivity index (χ1n) is 10.5. The predicted octanol–water partition coefficient (Wildman–Crippen LogP) is 2.60. The SMILES string of the molecule is Cc1ccc2nc(NCc3ccco3)c(C=C3SC(=S)N(C4CCS(=O)(=O)C4)C3=O)c(=O)n2c1. The average molecular weight is 517 g/mol. The topological polar surface area (TPSA) is 114 Å². The van der Waals surface area contributed by atoms with Gasteiger partial charge in [0.1, 0.15) is 21.5 Å². The number of nitrogens with zero attached hydrogens (tertiary/aromatic N) is 3. The zero-order valence-electron chi connectivity index (χ0n) is 18.1. The van der Waals surface area contributed by atoms with E-state index in [1.165, 1.54) is 15.4 Å². The van der Waals surface area contributed by atoms with Crippen molar-refractivity contribution in [3.63, 3.8) is 0 Å². The first kappa shape index (κ1) is 22.8. The number of fused-ring (bicyclic) bond motifs is 1. The Balaban J connectivity index is 1.55. The highest BCUT2D eigenvalue weighted by Gasteiger charge is 2.42. The fourth-order valence-corrected chi connectivity index (χ4v) is 7.09. The van der Waals surface area contributed by atoms with Crippen molar-refractivity contribution in [2.24, 2.45) is 0 Å².